The van der Waals surface area contributed by atoms with E-state index in [9.17, 15) is 0 Å². The van der Waals surface area contributed by atoms with Gasteiger partial charge in [-0.15, -0.1) is 0 Å². The van der Waals surface area contributed by atoms with E-state index in [1.54, 1.807) is 0 Å². The van der Waals surface area contributed by atoms with Crippen LogP contribution in [0.1, 0.15) is 38.3 Å². The zero-order chi connectivity index (χ0) is 11.4. The number of ether oxygens (including phenoxy) is 1. The maximum atomic E-state index is 5.54. The summed E-state index contributed by atoms with van der Waals surface area (Å²) in [7, 11) is 0. The molecular formula is C13H20N2O. The first-order valence-electron chi connectivity index (χ1n) is 6.03. The SMILES string of the molecule is CC1CC(NC(C)c2cccnc2)CCO1. The van der Waals surface area contributed by atoms with Crippen LogP contribution in [0, 0.1) is 0 Å². The Balaban J connectivity index is 1.89. The first kappa shape index (κ1) is 11.6. The smallest absolute Gasteiger partial charge is 0.0561 e. The molecule has 0 spiro atoms. The molecule has 2 rings (SSSR count). The topological polar surface area (TPSA) is 34.2 Å². The van der Waals surface area contributed by atoms with Gasteiger partial charge in [-0.1, -0.05) is 6.07 Å². The predicted molar refractivity (Wildman–Crippen MR) is 64.2 cm³/mol. The minimum absolute atomic E-state index is 0.365. The van der Waals surface area contributed by atoms with Gasteiger partial charge in [-0.3, -0.25) is 4.98 Å². The molecule has 1 aliphatic heterocycles. The Hall–Kier alpha value is -0.930. The van der Waals surface area contributed by atoms with E-state index in [0.717, 1.165) is 19.4 Å². The van der Waals surface area contributed by atoms with Crippen molar-refractivity contribution in [2.24, 2.45) is 0 Å². The lowest BCUT2D eigenvalue weighted by molar-refractivity contribution is 0.0116. The van der Waals surface area contributed by atoms with Crippen molar-refractivity contribution >= 4 is 0 Å². The molecule has 3 atom stereocenters. The first-order chi connectivity index (χ1) is 7.75. The minimum atomic E-state index is 0.365. The molecule has 2 heterocycles. The number of aromatic nitrogens is 1. The highest BCUT2D eigenvalue weighted by Gasteiger charge is 2.20. The summed E-state index contributed by atoms with van der Waals surface area (Å²) in [5, 5.41) is 3.65. The van der Waals surface area contributed by atoms with E-state index in [1.807, 2.05) is 18.5 Å². The molecular weight excluding hydrogens is 200 g/mol. The van der Waals surface area contributed by atoms with E-state index in [-0.39, 0.29) is 0 Å². The van der Waals surface area contributed by atoms with E-state index in [0.29, 0.717) is 18.2 Å². The Bertz CT molecular complexity index is 315. The quantitative estimate of drug-likeness (QED) is 0.848. The molecule has 1 N–H and O–H groups in total. The standard InChI is InChI=1S/C13H20N2O/c1-10-8-13(5-7-16-10)15-11(2)12-4-3-6-14-9-12/h3-4,6,9-11,13,15H,5,7-8H2,1-2H3. The molecule has 1 aromatic heterocycles. The predicted octanol–water partition coefficient (Wildman–Crippen LogP) is 2.30. The Morgan fingerprint density at radius 1 is 1.56 bits per heavy atom. The summed E-state index contributed by atoms with van der Waals surface area (Å²) < 4.78 is 5.54. The fourth-order valence-electron chi connectivity index (χ4n) is 2.23. The van der Waals surface area contributed by atoms with Gasteiger partial charge >= 0.3 is 0 Å². The van der Waals surface area contributed by atoms with Crippen molar-refractivity contribution < 1.29 is 4.74 Å². The van der Waals surface area contributed by atoms with Crippen molar-refractivity contribution in [1.29, 1.82) is 0 Å². The van der Waals surface area contributed by atoms with Crippen LogP contribution in [-0.2, 0) is 4.74 Å². The first-order valence-corrected chi connectivity index (χ1v) is 6.03. The molecule has 0 amide bonds. The molecule has 1 aromatic rings. The fraction of sp³-hybridized carbons (Fsp3) is 0.615. The Morgan fingerprint density at radius 2 is 2.44 bits per heavy atom. The van der Waals surface area contributed by atoms with Gasteiger partial charge in [0.15, 0.2) is 0 Å². The average molecular weight is 220 g/mol. The maximum absolute atomic E-state index is 5.54. The van der Waals surface area contributed by atoms with Gasteiger partial charge in [0.2, 0.25) is 0 Å². The van der Waals surface area contributed by atoms with Crippen molar-refractivity contribution in [3.63, 3.8) is 0 Å². The zero-order valence-electron chi connectivity index (χ0n) is 10.0. The normalized spacial score (nSPS) is 27.6. The summed E-state index contributed by atoms with van der Waals surface area (Å²) in [5.74, 6) is 0. The highest BCUT2D eigenvalue weighted by atomic mass is 16.5. The lowest BCUT2D eigenvalue weighted by Crippen LogP contribution is -2.39. The van der Waals surface area contributed by atoms with Crippen molar-refractivity contribution in [3.8, 4) is 0 Å². The summed E-state index contributed by atoms with van der Waals surface area (Å²) in [4.78, 5) is 4.15. The highest BCUT2D eigenvalue weighted by molar-refractivity contribution is 5.13. The monoisotopic (exact) mass is 220 g/mol. The third kappa shape index (κ3) is 3.03. The van der Waals surface area contributed by atoms with Crippen LogP contribution in [0.25, 0.3) is 0 Å². The van der Waals surface area contributed by atoms with E-state index in [2.05, 4.69) is 30.2 Å². The van der Waals surface area contributed by atoms with Gasteiger partial charge in [0.05, 0.1) is 6.10 Å². The van der Waals surface area contributed by atoms with Crippen LogP contribution in [0.15, 0.2) is 24.5 Å². The Labute approximate surface area is 97.2 Å². The number of hydrogen-bond acceptors (Lipinski definition) is 3. The van der Waals surface area contributed by atoms with E-state index in [1.165, 1.54) is 5.56 Å². The van der Waals surface area contributed by atoms with Crippen molar-refractivity contribution in [3.05, 3.63) is 30.1 Å². The van der Waals surface area contributed by atoms with E-state index >= 15 is 0 Å². The molecule has 16 heavy (non-hydrogen) atoms. The second-order valence-corrected chi connectivity index (χ2v) is 4.58. The van der Waals surface area contributed by atoms with Crippen LogP contribution < -0.4 is 5.32 Å². The second-order valence-electron chi connectivity index (χ2n) is 4.58. The van der Waals surface area contributed by atoms with Crippen molar-refractivity contribution in [2.75, 3.05) is 6.61 Å². The Kier molecular flexibility index (Phi) is 3.91. The lowest BCUT2D eigenvalue weighted by atomic mass is 10.0. The molecule has 1 saturated heterocycles. The van der Waals surface area contributed by atoms with Crippen LogP contribution in [0.4, 0.5) is 0 Å². The van der Waals surface area contributed by atoms with E-state index in [4.69, 9.17) is 4.74 Å². The number of rotatable bonds is 3. The van der Waals surface area contributed by atoms with Gasteiger partial charge in [-0.25, -0.2) is 0 Å². The molecule has 3 heteroatoms. The molecule has 0 bridgehead atoms. The van der Waals surface area contributed by atoms with Crippen molar-refractivity contribution in [1.82, 2.24) is 10.3 Å². The molecule has 0 aliphatic carbocycles. The highest BCUT2D eigenvalue weighted by Crippen LogP contribution is 2.18. The van der Waals surface area contributed by atoms with Gasteiger partial charge < -0.3 is 10.1 Å². The largest absolute Gasteiger partial charge is 0.378 e. The number of nitrogens with one attached hydrogen (secondary N) is 1. The van der Waals surface area contributed by atoms with Gasteiger partial charge in [-0.05, 0) is 38.3 Å². The number of nitrogens with zero attached hydrogens (tertiary/aromatic N) is 1. The lowest BCUT2D eigenvalue weighted by Gasteiger charge is -2.30. The van der Waals surface area contributed by atoms with Gasteiger partial charge in [0, 0.05) is 31.1 Å². The molecule has 3 nitrogen and oxygen atoms in total. The van der Waals surface area contributed by atoms with Crippen molar-refractivity contribution in [2.45, 2.75) is 44.9 Å². The second kappa shape index (κ2) is 5.41. The molecule has 1 fully saturated rings. The van der Waals surface area contributed by atoms with Gasteiger partial charge in [0.25, 0.3) is 0 Å². The van der Waals surface area contributed by atoms with Crippen LogP contribution in [0.3, 0.4) is 0 Å². The minimum Gasteiger partial charge on any atom is -0.378 e. The average Bonchev–Trinajstić information content (AvgIpc) is 2.30. The molecule has 3 unspecified atom stereocenters. The summed E-state index contributed by atoms with van der Waals surface area (Å²) in [6, 6.07) is 5.04. The third-order valence-electron chi connectivity index (χ3n) is 3.16. The molecule has 88 valence electrons. The van der Waals surface area contributed by atoms with Gasteiger partial charge in [-0.2, -0.15) is 0 Å². The van der Waals surface area contributed by atoms with Crippen LogP contribution >= 0.6 is 0 Å². The Morgan fingerprint density at radius 3 is 3.12 bits per heavy atom. The summed E-state index contributed by atoms with van der Waals surface area (Å²) in [5.41, 5.74) is 1.25. The molecule has 0 aromatic carbocycles. The summed E-state index contributed by atoms with van der Waals surface area (Å²) in [6.07, 6.45) is 6.33. The van der Waals surface area contributed by atoms with Crippen LogP contribution in [-0.4, -0.2) is 23.7 Å². The van der Waals surface area contributed by atoms with E-state index < -0.39 is 0 Å². The molecule has 0 radical (unpaired) electrons. The third-order valence-corrected chi connectivity index (χ3v) is 3.16. The molecule has 0 saturated carbocycles. The van der Waals surface area contributed by atoms with Crippen LogP contribution in [0.5, 0.6) is 0 Å². The van der Waals surface area contributed by atoms with Crippen LogP contribution in [0.2, 0.25) is 0 Å². The maximum Gasteiger partial charge on any atom is 0.0561 e. The summed E-state index contributed by atoms with van der Waals surface area (Å²) >= 11 is 0. The number of pyridine rings is 1. The van der Waals surface area contributed by atoms with Gasteiger partial charge in [0.1, 0.15) is 0 Å². The zero-order valence-corrected chi connectivity index (χ0v) is 10.0. The fourth-order valence-corrected chi connectivity index (χ4v) is 2.23. The number of hydrogen-bond donors (Lipinski definition) is 1. The molecule has 1 aliphatic rings. The summed E-state index contributed by atoms with van der Waals surface area (Å²) in [6.45, 7) is 5.21.